The van der Waals surface area contributed by atoms with Crippen LogP contribution < -0.4 is 0 Å². The lowest BCUT2D eigenvalue weighted by atomic mass is 9.81. The average Bonchev–Trinajstić information content (AvgIpc) is 2.92. The van der Waals surface area contributed by atoms with E-state index >= 15 is 0 Å². The zero-order chi connectivity index (χ0) is 14.8. The van der Waals surface area contributed by atoms with Crippen molar-refractivity contribution in [3.63, 3.8) is 0 Å². The van der Waals surface area contributed by atoms with Crippen LogP contribution in [0.25, 0.3) is 0 Å². The Hall–Kier alpha value is -0.900. The molecule has 0 spiro atoms. The molecular weight excluding hydrogens is 264 g/mol. The Kier molecular flexibility index (Phi) is 4.34. The van der Waals surface area contributed by atoms with Gasteiger partial charge in [-0.3, -0.25) is 0 Å². The molecule has 3 nitrogen and oxygen atoms in total. The van der Waals surface area contributed by atoms with Crippen LogP contribution >= 0.6 is 0 Å². The van der Waals surface area contributed by atoms with Gasteiger partial charge < -0.3 is 14.6 Å². The van der Waals surface area contributed by atoms with Gasteiger partial charge in [-0.2, -0.15) is 0 Å². The van der Waals surface area contributed by atoms with E-state index in [0.717, 1.165) is 36.8 Å². The summed E-state index contributed by atoms with van der Waals surface area (Å²) in [6.07, 6.45) is 7.75. The minimum Gasteiger partial charge on any atom is -0.385 e. The maximum atomic E-state index is 11.0. The number of rotatable bonds is 2. The van der Waals surface area contributed by atoms with Crippen molar-refractivity contribution < 1.29 is 14.6 Å². The van der Waals surface area contributed by atoms with Crippen molar-refractivity contribution in [1.29, 1.82) is 0 Å². The lowest BCUT2D eigenvalue weighted by Crippen LogP contribution is -2.27. The summed E-state index contributed by atoms with van der Waals surface area (Å²) in [7, 11) is 0. The molecule has 3 rings (SSSR count). The molecule has 1 heterocycles. The Morgan fingerprint density at radius 1 is 0.810 bits per heavy atom. The number of benzene rings is 1. The highest BCUT2D eigenvalue weighted by atomic mass is 16.7. The SMILES string of the molecule is CC1(c2ccc(C3(O)CCCCCCC3)cc2)OCCO1. The molecule has 1 aromatic carbocycles. The van der Waals surface area contributed by atoms with Gasteiger partial charge in [-0.1, -0.05) is 56.4 Å². The number of hydrogen-bond donors (Lipinski definition) is 1. The van der Waals surface area contributed by atoms with E-state index in [1.807, 2.05) is 31.2 Å². The van der Waals surface area contributed by atoms with Gasteiger partial charge in [0.1, 0.15) is 0 Å². The average molecular weight is 290 g/mol. The predicted molar refractivity (Wildman–Crippen MR) is 81.9 cm³/mol. The third-order valence-corrected chi connectivity index (χ3v) is 4.97. The number of aliphatic hydroxyl groups is 1. The van der Waals surface area contributed by atoms with Gasteiger partial charge in [0.05, 0.1) is 18.8 Å². The smallest absolute Gasteiger partial charge is 0.192 e. The third kappa shape index (κ3) is 3.15. The van der Waals surface area contributed by atoms with Gasteiger partial charge in [0.2, 0.25) is 0 Å². The molecule has 1 aliphatic heterocycles. The first-order valence-electron chi connectivity index (χ1n) is 8.24. The molecule has 0 atom stereocenters. The van der Waals surface area contributed by atoms with Crippen LogP contribution in [0.3, 0.4) is 0 Å². The first-order valence-corrected chi connectivity index (χ1v) is 8.24. The molecule has 3 heteroatoms. The van der Waals surface area contributed by atoms with Gasteiger partial charge in [0, 0.05) is 5.56 Å². The fraction of sp³-hybridized carbons (Fsp3) is 0.667. The molecule has 1 N–H and O–H groups in total. The summed E-state index contributed by atoms with van der Waals surface area (Å²) in [5.74, 6) is -0.623. The van der Waals surface area contributed by atoms with Crippen LogP contribution in [0.15, 0.2) is 24.3 Å². The maximum Gasteiger partial charge on any atom is 0.192 e. The largest absolute Gasteiger partial charge is 0.385 e. The van der Waals surface area contributed by atoms with Crippen molar-refractivity contribution in [3.8, 4) is 0 Å². The molecule has 1 aromatic rings. The second-order valence-electron chi connectivity index (χ2n) is 6.52. The Balaban J connectivity index is 1.79. The van der Waals surface area contributed by atoms with E-state index in [-0.39, 0.29) is 0 Å². The van der Waals surface area contributed by atoms with Crippen LogP contribution in [0.5, 0.6) is 0 Å². The van der Waals surface area contributed by atoms with Gasteiger partial charge in [0.25, 0.3) is 0 Å². The molecule has 116 valence electrons. The first kappa shape index (κ1) is 15.0. The van der Waals surface area contributed by atoms with Gasteiger partial charge in [-0.25, -0.2) is 0 Å². The summed E-state index contributed by atoms with van der Waals surface area (Å²) in [4.78, 5) is 0. The molecule has 0 aromatic heterocycles. The second-order valence-corrected chi connectivity index (χ2v) is 6.52. The van der Waals surface area contributed by atoms with E-state index in [4.69, 9.17) is 9.47 Å². The highest BCUT2D eigenvalue weighted by Gasteiger charge is 2.34. The molecule has 0 amide bonds. The maximum absolute atomic E-state index is 11.0. The number of hydrogen-bond acceptors (Lipinski definition) is 3. The Morgan fingerprint density at radius 2 is 1.29 bits per heavy atom. The lowest BCUT2D eigenvalue weighted by Gasteiger charge is -2.31. The van der Waals surface area contributed by atoms with Crippen LogP contribution in [0.2, 0.25) is 0 Å². The molecular formula is C18H26O3. The highest BCUT2D eigenvalue weighted by Crippen LogP contribution is 2.37. The van der Waals surface area contributed by atoms with E-state index < -0.39 is 11.4 Å². The summed E-state index contributed by atoms with van der Waals surface area (Å²) < 4.78 is 11.4. The van der Waals surface area contributed by atoms with Crippen molar-refractivity contribution in [1.82, 2.24) is 0 Å². The molecule has 1 saturated carbocycles. The summed E-state index contributed by atoms with van der Waals surface area (Å²) >= 11 is 0. The van der Waals surface area contributed by atoms with Crippen LogP contribution in [-0.4, -0.2) is 18.3 Å². The molecule has 21 heavy (non-hydrogen) atoms. The Bertz CT molecular complexity index is 452. The van der Waals surface area contributed by atoms with Crippen molar-refractivity contribution >= 4 is 0 Å². The number of ether oxygens (including phenoxy) is 2. The predicted octanol–water partition coefficient (Wildman–Crippen LogP) is 3.84. The van der Waals surface area contributed by atoms with Gasteiger partial charge in [-0.05, 0) is 25.3 Å². The van der Waals surface area contributed by atoms with Crippen LogP contribution in [-0.2, 0) is 20.9 Å². The van der Waals surface area contributed by atoms with Crippen molar-refractivity contribution in [2.24, 2.45) is 0 Å². The van der Waals surface area contributed by atoms with Crippen LogP contribution in [0.1, 0.15) is 63.0 Å². The normalized spacial score (nSPS) is 25.2. The molecule has 1 aliphatic carbocycles. The molecule has 0 bridgehead atoms. The summed E-state index contributed by atoms with van der Waals surface area (Å²) in [5, 5.41) is 11.0. The Labute approximate surface area is 127 Å². The molecule has 0 radical (unpaired) electrons. The quantitative estimate of drug-likeness (QED) is 0.899. The van der Waals surface area contributed by atoms with Crippen molar-refractivity contribution in [3.05, 3.63) is 35.4 Å². The standard InChI is InChI=1S/C18H26O3/c1-17(20-13-14-21-17)15-7-9-16(10-8-15)18(19)11-5-3-2-4-6-12-18/h7-10,19H,2-6,11-14H2,1H3. The monoisotopic (exact) mass is 290 g/mol. The van der Waals surface area contributed by atoms with Gasteiger partial charge in [-0.15, -0.1) is 0 Å². The fourth-order valence-corrected chi connectivity index (χ4v) is 3.54. The zero-order valence-electron chi connectivity index (χ0n) is 12.9. The van der Waals surface area contributed by atoms with Crippen molar-refractivity contribution in [2.45, 2.75) is 63.3 Å². The minimum atomic E-state index is -0.656. The topological polar surface area (TPSA) is 38.7 Å². The van der Waals surface area contributed by atoms with Gasteiger partial charge >= 0.3 is 0 Å². The summed E-state index contributed by atoms with van der Waals surface area (Å²) in [6.45, 7) is 3.24. The first-order chi connectivity index (χ1) is 10.1. The molecule has 1 saturated heterocycles. The highest BCUT2D eigenvalue weighted by molar-refractivity contribution is 5.30. The lowest BCUT2D eigenvalue weighted by molar-refractivity contribution is -0.149. The van der Waals surface area contributed by atoms with Crippen molar-refractivity contribution in [2.75, 3.05) is 13.2 Å². The van der Waals surface area contributed by atoms with E-state index in [1.54, 1.807) is 0 Å². The third-order valence-electron chi connectivity index (χ3n) is 4.97. The molecule has 0 unspecified atom stereocenters. The summed E-state index contributed by atoms with van der Waals surface area (Å²) in [5.41, 5.74) is 1.41. The van der Waals surface area contributed by atoms with Crippen LogP contribution in [0.4, 0.5) is 0 Å². The van der Waals surface area contributed by atoms with E-state index in [1.165, 1.54) is 19.3 Å². The summed E-state index contributed by atoms with van der Waals surface area (Å²) in [6, 6.07) is 8.18. The van der Waals surface area contributed by atoms with E-state index in [9.17, 15) is 5.11 Å². The van der Waals surface area contributed by atoms with E-state index in [2.05, 4.69) is 0 Å². The zero-order valence-corrected chi connectivity index (χ0v) is 12.9. The fourth-order valence-electron chi connectivity index (χ4n) is 3.54. The Morgan fingerprint density at radius 3 is 1.86 bits per heavy atom. The molecule has 2 aliphatic rings. The minimum absolute atomic E-state index is 0.623. The van der Waals surface area contributed by atoms with E-state index in [0.29, 0.717) is 13.2 Å². The van der Waals surface area contributed by atoms with Crippen LogP contribution in [0, 0.1) is 0 Å². The van der Waals surface area contributed by atoms with Gasteiger partial charge in [0.15, 0.2) is 5.79 Å². The molecule has 2 fully saturated rings. The second kappa shape index (κ2) is 6.07.